The molecule has 0 aromatic heterocycles. The van der Waals surface area contributed by atoms with E-state index in [1.54, 1.807) is 6.92 Å². The van der Waals surface area contributed by atoms with Crippen LogP contribution in [0.5, 0.6) is 0 Å². The molecule has 2 unspecified atom stereocenters. The van der Waals surface area contributed by atoms with Crippen LogP contribution in [0.25, 0.3) is 0 Å². The molecule has 108 valence electrons. The molecule has 2 aliphatic heterocycles. The van der Waals surface area contributed by atoms with Crippen LogP contribution in [0.1, 0.15) is 33.6 Å². The summed E-state index contributed by atoms with van der Waals surface area (Å²) in [5.41, 5.74) is 0. The highest BCUT2D eigenvalue weighted by atomic mass is 16.2. The number of hydrogen-bond acceptors (Lipinski definition) is 3. The second kappa shape index (κ2) is 5.90. The fourth-order valence-electron chi connectivity index (χ4n) is 2.97. The minimum Gasteiger partial charge on any atom is -0.345 e. The first-order valence-electron chi connectivity index (χ1n) is 7.29. The van der Waals surface area contributed by atoms with E-state index in [1.165, 1.54) is 0 Å². The van der Waals surface area contributed by atoms with Crippen molar-refractivity contribution in [3.8, 4) is 0 Å². The van der Waals surface area contributed by atoms with Gasteiger partial charge >= 0.3 is 0 Å². The van der Waals surface area contributed by atoms with Crippen molar-refractivity contribution in [2.45, 2.75) is 45.7 Å². The van der Waals surface area contributed by atoms with Crippen molar-refractivity contribution in [1.29, 1.82) is 0 Å². The topological polar surface area (TPSA) is 52.7 Å². The Kier molecular flexibility index (Phi) is 4.45. The van der Waals surface area contributed by atoms with Crippen LogP contribution in [0.3, 0.4) is 0 Å². The Morgan fingerprint density at radius 3 is 2.68 bits per heavy atom. The van der Waals surface area contributed by atoms with Gasteiger partial charge in [0.15, 0.2) is 0 Å². The van der Waals surface area contributed by atoms with Gasteiger partial charge in [-0.05, 0) is 39.7 Å². The minimum absolute atomic E-state index is 0.0152. The third kappa shape index (κ3) is 3.47. The molecule has 19 heavy (non-hydrogen) atoms. The summed E-state index contributed by atoms with van der Waals surface area (Å²) in [4.78, 5) is 28.0. The van der Waals surface area contributed by atoms with E-state index in [0.29, 0.717) is 24.9 Å². The molecule has 0 aliphatic carbocycles. The lowest BCUT2D eigenvalue weighted by Crippen LogP contribution is -2.44. The molecule has 2 amide bonds. The van der Waals surface area contributed by atoms with Gasteiger partial charge in [0.25, 0.3) is 0 Å². The van der Waals surface area contributed by atoms with Gasteiger partial charge in [0.1, 0.15) is 6.04 Å². The van der Waals surface area contributed by atoms with Crippen LogP contribution in [0, 0.1) is 5.92 Å². The maximum absolute atomic E-state index is 12.2. The summed E-state index contributed by atoms with van der Waals surface area (Å²) >= 11 is 0. The average Bonchev–Trinajstić information content (AvgIpc) is 2.77. The first-order valence-corrected chi connectivity index (χ1v) is 7.29. The molecule has 2 heterocycles. The van der Waals surface area contributed by atoms with E-state index in [1.807, 2.05) is 4.90 Å². The Labute approximate surface area is 115 Å². The zero-order valence-corrected chi connectivity index (χ0v) is 12.2. The molecule has 2 aliphatic rings. The summed E-state index contributed by atoms with van der Waals surface area (Å²) in [6.45, 7) is 9.74. The highest BCUT2D eigenvalue weighted by molar-refractivity contribution is 5.89. The second-order valence-electron chi connectivity index (χ2n) is 6.07. The zero-order chi connectivity index (χ0) is 14.0. The van der Waals surface area contributed by atoms with E-state index < -0.39 is 0 Å². The van der Waals surface area contributed by atoms with Gasteiger partial charge in [-0.3, -0.25) is 9.59 Å². The van der Waals surface area contributed by atoms with Gasteiger partial charge in [-0.1, -0.05) is 0 Å². The number of carbonyl (C=O) groups is 2. The normalized spacial score (nSPS) is 29.8. The Morgan fingerprint density at radius 2 is 2.05 bits per heavy atom. The van der Waals surface area contributed by atoms with Crippen LogP contribution in [0.4, 0.5) is 0 Å². The second-order valence-corrected chi connectivity index (χ2v) is 6.07. The number of likely N-dealkylation sites (tertiary alicyclic amines) is 1. The van der Waals surface area contributed by atoms with Gasteiger partial charge in [-0.25, -0.2) is 0 Å². The van der Waals surface area contributed by atoms with Crippen molar-refractivity contribution in [3.05, 3.63) is 0 Å². The molecule has 1 N–H and O–H groups in total. The molecule has 0 saturated carbocycles. The zero-order valence-electron chi connectivity index (χ0n) is 12.2. The molecule has 0 spiro atoms. The van der Waals surface area contributed by atoms with Crippen LogP contribution in [-0.4, -0.2) is 59.9 Å². The Hall–Kier alpha value is -1.10. The van der Waals surface area contributed by atoms with Gasteiger partial charge < -0.3 is 15.1 Å². The third-order valence-corrected chi connectivity index (χ3v) is 4.19. The molecule has 0 bridgehead atoms. The van der Waals surface area contributed by atoms with Crippen LogP contribution in [-0.2, 0) is 9.59 Å². The van der Waals surface area contributed by atoms with Gasteiger partial charge in [0.05, 0.1) is 0 Å². The Bertz CT molecular complexity index is 357. The summed E-state index contributed by atoms with van der Waals surface area (Å²) in [5, 5.41) is 2.73. The van der Waals surface area contributed by atoms with E-state index in [2.05, 4.69) is 24.1 Å². The molecule has 5 heteroatoms. The van der Waals surface area contributed by atoms with E-state index in [4.69, 9.17) is 0 Å². The third-order valence-electron chi connectivity index (χ3n) is 4.19. The van der Waals surface area contributed by atoms with Crippen molar-refractivity contribution in [1.82, 2.24) is 15.1 Å². The van der Waals surface area contributed by atoms with Crippen LogP contribution < -0.4 is 5.32 Å². The number of amides is 2. The van der Waals surface area contributed by atoms with Crippen molar-refractivity contribution in [3.63, 3.8) is 0 Å². The van der Waals surface area contributed by atoms with Crippen LogP contribution in [0.2, 0.25) is 0 Å². The van der Waals surface area contributed by atoms with Gasteiger partial charge in [0, 0.05) is 32.1 Å². The maximum atomic E-state index is 12.2. The van der Waals surface area contributed by atoms with E-state index in [9.17, 15) is 9.59 Å². The predicted molar refractivity (Wildman–Crippen MR) is 73.6 cm³/mol. The first-order chi connectivity index (χ1) is 8.97. The van der Waals surface area contributed by atoms with Gasteiger partial charge in [-0.15, -0.1) is 0 Å². The molecule has 0 radical (unpaired) electrons. The van der Waals surface area contributed by atoms with Crippen LogP contribution >= 0.6 is 0 Å². The lowest BCUT2D eigenvalue weighted by molar-refractivity contribution is -0.133. The molecule has 2 fully saturated rings. The SMILES string of the molecule is CC1NC(=O)CCN(CC2CCN(C(C)C)C2)C1=O. The molecule has 2 rings (SSSR count). The summed E-state index contributed by atoms with van der Waals surface area (Å²) in [6, 6.07) is 0.199. The predicted octanol–water partition coefficient (Wildman–Crippen LogP) is 0.454. The molecular formula is C14H25N3O2. The lowest BCUT2D eigenvalue weighted by atomic mass is 10.1. The Balaban J connectivity index is 1.91. The number of nitrogens with zero attached hydrogens (tertiary/aromatic N) is 2. The van der Waals surface area contributed by atoms with E-state index in [-0.39, 0.29) is 17.9 Å². The summed E-state index contributed by atoms with van der Waals surface area (Å²) < 4.78 is 0. The lowest BCUT2D eigenvalue weighted by Gasteiger charge is -2.26. The molecule has 0 aromatic rings. The smallest absolute Gasteiger partial charge is 0.244 e. The highest BCUT2D eigenvalue weighted by Gasteiger charge is 2.31. The largest absolute Gasteiger partial charge is 0.345 e. The van der Waals surface area contributed by atoms with Crippen LogP contribution in [0.15, 0.2) is 0 Å². The fraction of sp³-hybridized carbons (Fsp3) is 0.857. The summed E-state index contributed by atoms with van der Waals surface area (Å²) in [6.07, 6.45) is 1.58. The monoisotopic (exact) mass is 267 g/mol. The van der Waals surface area contributed by atoms with Crippen molar-refractivity contribution >= 4 is 11.8 Å². The first kappa shape index (κ1) is 14.3. The highest BCUT2D eigenvalue weighted by Crippen LogP contribution is 2.20. The van der Waals surface area contributed by atoms with Crippen molar-refractivity contribution in [2.24, 2.45) is 5.92 Å². The van der Waals surface area contributed by atoms with Crippen molar-refractivity contribution in [2.75, 3.05) is 26.2 Å². The van der Waals surface area contributed by atoms with E-state index in [0.717, 1.165) is 26.1 Å². The van der Waals surface area contributed by atoms with E-state index >= 15 is 0 Å². The molecule has 5 nitrogen and oxygen atoms in total. The average molecular weight is 267 g/mol. The molecule has 2 saturated heterocycles. The molecular weight excluding hydrogens is 242 g/mol. The summed E-state index contributed by atoms with van der Waals surface area (Å²) in [7, 11) is 0. The Morgan fingerprint density at radius 1 is 1.32 bits per heavy atom. The number of nitrogens with one attached hydrogen (secondary N) is 1. The maximum Gasteiger partial charge on any atom is 0.244 e. The standard InChI is InChI=1S/C14H25N3O2/c1-10(2)16-6-4-12(8-16)9-17-7-5-13(18)15-11(3)14(17)19/h10-12H,4-9H2,1-3H3,(H,15,18). The summed E-state index contributed by atoms with van der Waals surface area (Å²) in [5.74, 6) is 0.596. The minimum atomic E-state index is -0.377. The number of carbonyl (C=O) groups excluding carboxylic acids is 2. The quantitative estimate of drug-likeness (QED) is 0.808. The molecule has 0 aromatic carbocycles. The number of rotatable bonds is 3. The van der Waals surface area contributed by atoms with Gasteiger partial charge in [-0.2, -0.15) is 0 Å². The molecule has 2 atom stereocenters. The fourth-order valence-corrected chi connectivity index (χ4v) is 2.97. The number of hydrogen-bond donors (Lipinski definition) is 1. The van der Waals surface area contributed by atoms with Crippen molar-refractivity contribution < 1.29 is 9.59 Å². The van der Waals surface area contributed by atoms with Gasteiger partial charge in [0.2, 0.25) is 11.8 Å².